The van der Waals surface area contributed by atoms with Gasteiger partial charge in [-0.1, -0.05) is 55.5 Å². The first-order valence-electron chi connectivity index (χ1n) is 7.44. The van der Waals surface area contributed by atoms with Gasteiger partial charge in [-0.3, -0.25) is 0 Å². The molecule has 0 bridgehead atoms. The smallest absolute Gasteiger partial charge is 0.0713 e. The molecule has 2 aromatic carbocycles. The van der Waals surface area contributed by atoms with Crippen LogP contribution >= 0.6 is 0 Å². The van der Waals surface area contributed by atoms with E-state index in [2.05, 4.69) is 55.5 Å². The minimum absolute atomic E-state index is 0.429. The van der Waals surface area contributed by atoms with Crippen LogP contribution in [0.5, 0.6) is 0 Å². The predicted molar refractivity (Wildman–Crippen MR) is 86.4 cm³/mol. The average molecular weight is 284 g/mol. The van der Waals surface area contributed by atoms with Gasteiger partial charge >= 0.3 is 0 Å². The molecule has 2 heteroatoms. The van der Waals surface area contributed by atoms with Crippen molar-refractivity contribution in [1.82, 2.24) is 0 Å². The Kier molecular flexibility index (Phi) is 5.97. The van der Waals surface area contributed by atoms with E-state index in [1.807, 2.05) is 0 Å². The Morgan fingerprint density at radius 2 is 1.48 bits per heavy atom. The normalized spacial score (nSPS) is 12.3. The Bertz CT molecular complexity index is 546. The highest BCUT2D eigenvalue weighted by Crippen LogP contribution is 2.28. The average Bonchev–Trinajstić information content (AvgIpc) is 2.51. The number of hydrogen-bond donors (Lipinski definition) is 0. The van der Waals surface area contributed by atoms with E-state index in [0.717, 1.165) is 6.42 Å². The summed E-state index contributed by atoms with van der Waals surface area (Å²) >= 11 is 0. The molecule has 0 saturated heterocycles. The summed E-state index contributed by atoms with van der Waals surface area (Å²) in [6.07, 6.45) is 1.08. The van der Waals surface area contributed by atoms with Crippen LogP contribution in [0.25, 0.3) is 0 Å². The van der Waals surface area contributed by atoms with Gasteiger partial charge in [-0.25, -0.2) is 0 Å². The molecule has 0 N–H and O–H groups in total. The first kappa shape index (κ1) is 15.7. The molecule has 0 radical (unpaired) electrons. The molecule has 0 aromatic heterocycles. The highest BCUT2D eigenvalue weighted by atomic mass is 16.5. The third kappa shape index (κ3) is 4.16. The van der Waals surface area contributed by atoms with Crippen molar-refractivity contribution in [3.8, 4) is 0 Å². The van der Waals surface area contributed by atoms with Crippen LogP contribution in [0.3, 0.4) is 0 Å². The summed E-state index contributed by atoms with van der Waals surface area (Å²) in [5, 5.41) is 0. The molecule has 112 valence electrons. The first-order chi connectivity index (χ1) is 10.3. The van der Waals surface area contributed by atoms with Crippen LogP contribution in [-0.2, 0) is 22.7 Å². The lowest BCUT2D eigenvalue weighted by molar-refractivity contribution is 0.185. The van der Waals surface area contributed by atoms with Crippen LogP contribution in [-0.4, -0.2) is 14.2 Å². The minimum Gasteiger partial charge on any atom is -0.380 e. The van der Waals surface area contributed by atoms with Crippen LogP contribution in [0.4, 0.5) is 0 Å². The molecule has 2 rings (SSSR count). The summed E-state index contributed by atoms with van der Waals surface area (Å²) in [5.74, 6) is 0.429. The van der Waals surface area contributed by atoms with Crippen LogP contribution in [0, 0.1) is 0 Å². The maximum atomic E-state index is 5.23. The highest BCUT2D eigenvalue weighted by Gasteiger charge is 2.12. The van der Waals surface area contributed by atoms with Crippen molar-refractivity contribution in [3.05, 3.63) is 70.8 Å². The van der Waals surface area contributed by atoms with Crippen molar-refractivity contribution in [2.75, 3.05) is 14.2 Å². The van der Waals surface area contributed by atoms with E-state index >= 15 is 0 Å². The van der Waals surface area contributed by atoms with Crippen molar-refractivity contribution in [3.63, 3.8) is 0 Å². The molecule has 2 nitrogen and oxygen atoms in total. The largest absolute Gasteiger partial charge is 0.380 e. The summed E-state index contributed by atoms with van der Waals surface area (Å²) in [6.45, 7) is 3.56. The van der Waals surface area contributed by atoms with Crippen molar-refractivity contribution >= 4 is 0 Å². The summed E-state index contributed by atoms with van der Waals surface area (Å²) < 4.78 is 10.4. The zero-order valence-electron chi connectivity index (χ0n) is 13.1. The molecule has 0 heterocycles. The molecule has 0 amide bonds. The Morgan fingerprint density at radius 3 is 2.10 bits per heavy atom. The molecular weight excluding hydrogens is 260 g/mol. The number of methoxy groups -OCH3 is 2. The van der Waals surface area contributed by atoms with Gasteiger partial charge < -0.3 is 9.47 Å². The molecule has 0 aliphatic heterocycles. The van der Waals surface area contributed by atoms with Gasteiger partial charge in [-0.15, -0.1) is 0 Å². The van der Waals surface area contributed by atoms with Crippen molar-refractivity contribution in [2.45, 2.75) is 32.5 Å². The van der Waals surface area contributed by atoms with Gasteiger partial charge in [0.1, 0.15) is 0 Å². The quantitative estimate of drug-likeness (QED) is 0.744. The Morgan fingerprint density at radius 1 is 0.810 bits per heavy atom. The fourth-order valence-corrected chi connectivity index (χ4v) is 2.74. The molecular formula is C19H24O2. The zero-order valence-corrected chi connectivity index (χ0v) is 13.1. The third-order valence-corrected chi connectivity index (χ3v) is 3.77. The molecule has 21 heavy (non-hydrogen) atoms. The molecule has 0 spiro atoms. The lowest BCUT2D eigenvalue weighted by atomic mass is 9.88. The Hall–Kier alpha value is -1.64. The summed E-state index contributed by atoms with van der Waals surface area (Å²) in [4.78, 5) is 0. The van der Waals surface area contributed by atoms with E-state index in [1.54, 1.807) is 14.2 Å². The second-order valence-electron chi connectivity index (χ2n) is 5.31. The minimum atomic E-state index is 0.429. The maximum absolute atomic E-state index is 5.23. The second-order valence-corrected chi connectivity index (χ2v) is 5.31. The molecule has 1 atom stereocenters. The standard InChI is InChI=1S/C19H24O2/c1-4-19(17-10-8-15(9-11-17)13-20-2)18-7-5-6-16(12-18)14-21-3/h5-12,19H,4,13-14H2,1-3H3. The number of ether oxygens (including phenoxy) is 2. The van der Waals surface area contributed by atoms with Gasteiger partial charge in [0.2, 0.25) is 0 Å². The molecule has 0 aliphatic carbocycles. The van der Waals surface area contributed by atoms with Crippen LogP contribution in [0.15, 0.2) is 48.5 Å². The Balaban J connectivity index is 2.24. The lowest BCUT2D eigenvalue weighted by Gasteiger charge is -2.17. The molecule has 1 unspecified atom stereocenters. The van der Waals surface area contributed by atoms with Gasteiger partial charge in [0.05, 0.1) is 13.2 Å². The third-order valence-electron chi connectivity index (χ3n) is 3.77. The summed E-state index contributed by atoms with van der Waals surface area (Å²) in [6, 6.07) is 17.4. The second kappa shape index (κ2) is 7.96. The molecule has 0 saturated carbocycles. The SMILES string of the molecule is CCC(c1ccc(COC)cc1)c1cccc(COC)c1. The van der Waals surface area contributed by atoms with E-state index in [9.17, 15) is 0 Å². The van der Waals surface area contributed by atoms with Crippen LogP contribution in [0.2, 0.25) is 0 Å². The lowest BCUT2D eigenvalue weighted by Crippen LogP contribution is -2.01. The van der Waals surface area contributed by atoms with Crippen LogP contribution in [0.1, 0.15) is 41.5 Å². The van der Waals surface area contributed by atoms with Crippen LogP contribution < -0.4 is 0 Å². The zero-order chi connectivity index (χ0) is 15.1. The van der Waals surface area contributed by atoms with Crippen molar-refractivity contribution in [1.29, 1.82) is 0 Å². The number of benzene rings is 2. The summed E-state index contributed by atoms with van der Waals surface area (Å²) in [7, 11) is 3.46. The highest BCUT2D eigenvalue weighted by molar-refractivity contribution is 5.36. The monoisotopic (exact) mass is 284 g/mol. The van der Waals surface area contributed by atoms with Gasteiger partial charge in [0, 0.05) is 20.1 Å². The van der Waals surface area contributed by atoms with Gasteiger partial charge in [0.25, 0.3) is 0 Å². The fraction of sp³-hybridized carbons (Fsp3) is 0.368. The molecule has 0 fully saturated rings. The molecule has 2 aromatic rings. The first-order valence-corrected chi connectivity index (χ1v) is 7.44. The van der Waals surface area contributed by atoms with Crippen molar-refractivity contribution < 1.29 is 9.47 Å². The molecule has 0 aliphatic rings. The maximum Gasteiger partial charge on any atom is 0.0713 e. The van der Waals surface area contributed by atoms with E-state index in [4.69, 9.17) is 9.47 Å². The van der Waals surface area contributed by atoms with Gasteiger partial charge in [-0.05, 0) is 28.7 Å². The van der Waals surface area contributed by atoms with Crippen molar-refractivity contribution in [2.24, 2.45) is 0 Å². The number of rotatable bonds is 7. The van der Waals surface area contributed by atoms with Gasteiger partial charge in [-0.2, -0.15) is 0 Å². The predicted octanol–water partition coefficient (Wildman–Crippen LogP) is 4.52. The topological polar surface area (TPSA) is 18.5 Å². The van der Waals surface area contributed by atoms with E-state index in [1.165, 1.54) is 22.3 Å². The van der Waals surface area contributed by atoms with Gasteiger partial charge in [0.15, 0.2) is 0 Å². The number of hydrogen-bond acceptors (Lipinski definition) is 2. The Labute approximate surface area is 127 Å². The van der Waals surface area contributed by atoms with E-state index in [-0.39, 0.29) is 0 Å². The van der Waals surface area contributed by atoms with E-state index < -0.39 is 0 Å². The fourth-order valence-electron chi connectivity index (χ4n) is 2.74. The summed E-state index contributed by atoms with van der Waals surface area (Å²) in [5.41, 5.74) is 5.15. The van der Waals surface area contributed by atoms with E-state index in [0.29, 0.717) is 19.1 Å².